The number of nitrogens with two attached hydrogens (primary N) is 1. The van der Waals surface area contributed by atoms with Gasteiger partial charge in [-0.25, -0.2) is 0 Å². The van der Waals surface area contributed by atoms with Gasteiger partial charge in [-0.1, -0.05) is 35.9 Å². The average Bonchev–Trinajstić information content (AvgIpc) is 2.70. The molecule has 0 bridgehead atoms. The van der Waals surface area contributed by atoms with Crippen LogP contribution in [0.15, 0.2) is 48.5 Å². The number of anilines is 4. The topological polar surface area (TPSA) is 106 Å². The van der Waals surface area contributed by atoms with E-state index in [1.54, 1.807) is 12.1 Å². The first-order chi connectivity index (χ1) is 13.9. The highest BCUT2D eigenvalue weighted by atomic mass is 35.5. The Morgan fingerprint density at radius 2 is 1.90 bits per heavy atom. The van der Waals surface area contributed by atoms with Gasteiger partial charge in [-0.3, -0.25) is 4.79 Å². The van der Waals surface area contributed by atoms with E-state index in [4.69, 9.17) is 17.3 Å². The van der Waals surface area contributed by atoms with Crippen LogP contribution in [0.25, 0.3) is 0 Å². The standard InChI is InChI=1S/C20H21ClN6OS/c1-12-15(21)9-6-10-16(12)24-18(28)13(2)29-11-17-25-19(22)27-20(26-17)23-14-7-4-3-5-8-14/h3-10,13H,11H2,1-2H3,(H,24,28)(H3,22,23,25,26,27)/t13-/m0/s1. The van der Waals surface area contributed by atoms with E-state index < -0.39 is 0 Å². The van der Waals surface area contributed by atoms with Crippen molar-refractivity contribution in [1.29, 1.82) is 0 Å². The van der Waals surface area contributed by atoms with Gasteiger partial charge in [-0.2, -0.15) is 15.0 Å². The first-order valence-corrected chi connectivity index (χ1v) is 10.3. The molecule has 3 aromatic rings. The molecule has 1 atom stereocenters. The number of rotatable bonds is 7. The summed E-state index contributed by atoms with van der Waals surface area (Å²) in [5.41, 5.74) is 8.19. The third-order valence-electron chi connectivity index (χ3n) is 4.09. The van der Waals surface area contributed by atoms with Gasteiger partial charge < -0.3 is 16.4 Å². The molecular formula is C20H21ClN6OS. The number of carbonyl (C=O) groups excluding carboxylic acids is 1. The van der Waals surface area contributed by atoms with E-state index in [1.807, 2.05) is 50.2 Å². The summed E-state index contributed by atoms with van der Waals surface area (Å²) in [6.45, 7) is 3.69. The lowest BCUT2D eigenvalue weighted by molar-refractivity contribution is -0.115. The van der Waals surface area contributed by atoms with Gasteiger partial charge in [0.25, 0.3) is 0 Å². The molecule has 0 saturated heterocycles. The molecule has 2 aromatic carbocycles. The maximum atomic E-state index is 12.5. The monoisotopic (exact) mass is 428 g/mol. The van der Waals surface area contributed by atoms with Gasteiger partial charge in [0.15, 0.2) is 0 Å². The Bertz CT molecular complexity index is 1000. The van der Waals surface area contributed by atoms with E-state index in [1.165, 1.54) is 11.8 Å². The van der Waals surface area contributed by atoms with Crippen LogP contribution in [0.5, 0.6) is 0 Å². The minimum absolute atomic E-state index is 0.120. The molecule has 0 spiro atoms. The molecule has 0 radical (unpaired) electrons. The van der Waals surface area contributed by atoms with Gasteiger partial charge in [-0.05, 0) is 43.7 Å². The van der Waals surface area contributed by atoms with E-state index >= 15 is 0 Å². The molecule has 29 heavy (non-hydrogen) atoms. The Morgan fingerprint density at radius 1 is 1.14 bits per heavy atom. The summed E-state index contributed by atoms with van der Waals surface area (Å²) in [4.78, 5) is 25.2. The molecule has 4 N–H and O–H groups in total. The number of hydrogen-bond acceptors (Lipinski definition) is 7. The van der Waals surface area contributed by atoms with Gasteiger partial charge in [-0.15, -0.1) is 11.8 Å². The zero-order chi connectivity index (χ0) is 20.8. The van der Waals surface area contributed by atoms with Crippen molar-refractivity contribution in [2.75, 3.05) is 16.4 Å². The van der Waals surface area contributed by atoms with Crippen LogP contribution in [-0.4, -0.2) is 26.1 Å². The van der Waals surface area contributed by atoms with Crippen molar-refractivity contribution in [2.45, 2.75) is 24.9 Å². The van der Waals surface area contributed by atoms with Gasteiger partial charge in [0.1, 0.15) is 5.82 Å². The lowest BCUT2D eigenvalue weighted by atomic mass is 10.2. The Balaban J connectivity index is 1.61. The van der Waals surface area contributed by atoms with Crippen LogP contribution >= 0.6 is 23.4 Å². The first kappa shape index (κ1) is 20.9. The highest BCUT2D eigenvalue weighted by molar-refractivity contribution is 7.99. The summed E-state index contributed by atoms with van der Waals surface area (Å²) < 4.78 is 0. The maximum Gasteiger partial charge on any atom is 0.237 e. The molecule has 0 unspecified atom stereocenters. The van der Waals surface area contributed by atoms with Crippen LogP contribution in [0, 0.1) is 6.92 Å². The van der Waals surface area contributed by atoms with Crippen molar-refractivity contribution in [3.63, 3.8) is 0 Å². The molecule has 1 aromatic heterocycles. The molecule has 1 amide bonds. The van der Waals surface area contributed by atoms with Gasteiger partial charge in [0.2, 0.25) is 17.8 Å². The quantitative estimate of drug-likeness (QED) is 0.511. The van der Waals surface area contributed by atoms with Crippen LogP contribution in [0.1, 0.15) is 18.3 Å². The lowest BCUT2D eigenvalue weighted by Crippen LogP contribution is -2.23. The number of aromatic nitrogens is 3. The Labute approximate surface area is 178 Å². The zero-order valence-electron chi connectivity index (χ0n) is 16.0. The number of amides is 1. The third kappa shape index (κ3) is 5.82. The number of nitrogens with zero attached hydrogens (tertiary/aromatic N) is 3. The fourth-order valence-electron chi connectivity index (χ4n) is 2.46. The third-order valence-corrected chi connectivity index (χ3v) is 5.63. The number of thioether (sulfide) groups is 1. The Kier molecular flexibility index (Phi) is 6.90. The summed E-state index contributed by atoms with van der Waals surface area (Å²) in [6.07, 6.45) is 0. The van der Waals surface area contributed by atoms with E-state index in [0.717, 1.165) is 11.3 Å². The minimum atomic E-state index is -0.322. The zero-order valence-corrected chi connectivity index (χ0v) is 17.6. The van der Waals surface area contributed by atoms with Gasteiger partial charge in [0, 0.05) is 16.4 Å². The van der Waals surface area contributed by atoms with Crippen molar-refractivity contribution in [3.8, 4) is 0 Å². The maximum absolute atomic E-state index is 12.5. The van der Waals surface area contributed by atoms with E-state index in [9.17, 15) is 4.79 Å². The predicted molar refractivity (Wildman–Crippen MR) is 120 cm³/mol. The fourth-order valence-corrected chi connectivity index (χ4v) is 3.37. The van der Waals surface area contributed by atoms with Crippen molar-refractivity contribution in [1.82, 2.24) is 15.0 Å². The van der Waals surface area contributed by atoms with E-state index in [-0.39, 0.29) is 17.1 Å². The van der Waals surface area contributed by atoms with Crippen LogP contribution in [-0.2, 0) is 10.5 Å². The van der Waals surface area contributed by atoms with Gasteiger partial charge in [0.05, 0.1) is 11.0 Å². The largest absolute Gasteiger partial charge is 0.368 e. The van der Waals surface area contributed by atoms with Gasteiger partial charge >= 0.3 is 0 Å². The molecule has 0 aliphatic rings. The van der Waals surface area contributed by atoms with Crippen molar-refractivity contribution >= 4 is 52.5 Å². The summed E-state index contributed by atoms with van der Waals surface area (Å²) in [5, 5.41) is 6.30. The normalized spacial score (nSPS) is 11.7. The van der Waals surface area contributed by atoms with Crippen molar-refractivity contribution in [3.05, 3.63) is 64.9 Å². The molecule has 9 heteroatoms. The minimum Gasteiger partial charge on any atom is -0.368 e. The number of nitrogen functional groups attached to an aromatic ring is 1. The van der Waals surface area contributed by atoms with Crippen LogP contribution in [0.2, 0.25) is 5.02 Å². The SMILES string of the molecule is Cc1c(Cl)cccc1NC(=O)[C@H](C)SCc1nc(N)nc(Nc2ccccc2)n1. The Hall–Kier alpha value is -2.84. The number of halogens is 1. The summed E-state index contributed by atoms with van der Waals surface area (Å²) in [7, 11) is 0. The molecule has 1 heterocycles. The second-order valence-corrected chi connectivity index (χ2v) is 8.02. The number of hydrogen-bond donors (Lipinski definition) is 3. The predicted octanol–water partition coefficient (Wildman–Crippen LogP) is 4.42. The Morgan fingerprint density at radius 3 is 2.66 bits per heavy atom. The summed E-state index contributed by atoms with van der Waals surface area (Å²) in [5.74, 6) is 1.29. The lowest BCUT2D eigenvalue weighted by Gasteiger charge is -2.14. The van der Waals surface area contributed by atoms with E-state index in [0.29, 0.717) is 28.2 Å². The van der Waals surface area contributed by atoms with Crippen LogP contribution in [0.3, 0.4) is 0 Å². The number of nitrogens with one attached hydrogen (secondary N) is 2. The van der Waals surface area contributed by atoms with Crippen molar-refractivity contribution < 1.29 is 4.79 Å². The summed E-state index contributed by atoms with van der Waals surface area (Å²) >= 11 is 7.52. The molecule has 150 valence electrons. The average molecular weight is 429 g/mol. The molecule has 7 nitrogen and oxygen atoms in total. The number of para-hydroxylation sites is 1. The molecule has 0 saturated carbocycles. The second-order valence-electron chi connectivity index (χ2n) is 6.28. The smallest absolute Gasteiger partial charge is 0.237 e. The molecule has 0 fully saturated rings. The second kappa shape index (κ2) is 9.58. The molecule has 3 rings (SSSR count). The molecule has 0 aliphatic heterocycles. The fraction of sp³-hybridized carbons (Fsp3) is 0.200. The highest BCUT2D eigenvalue weighted by Crippen LogP contribution is 2.25. The highest BCUT2D eigenvalue weighted by Gasteiger charge is 2.16. The number of carbonyl (C=O) groups is 1. The molecular weight excluding hydrogens is 408 g/mol. The summed E-state index contributed by atoms with van der Waals surface area (Å²) in [6, 6.07) is 15.0. The van der Waals surface area contributed by atoms with Crippen molar-refractivity contribution in [2.24, 2.45) is 0 Å². The molecule has 0 aliphatic carbocycles. The number of benzene rings is 2. The van der Waals surface area contributed by atoms with Crippen LogP contribution < -0.4 is 16.4 Å². The first-order valence-electron chi connectivity index (χ1n) is 8.92. The van der Waals surface area contributed by atoms with E-state index in [2.05, 4.69) is 25.6 Å². The van der Waals surface area contributed by atoms with Crippen LogP contribution in [0.4, 0.5) is 23.3 Å².